The van der Waals surface area contributed by atoms with Crippen molar-refractivity contribution in [1.82, 2.24) is 4.98 Å². The van der Waals surface area contributed by atoms with Crippen LogP contribution in [0.2, 0.25) is 0 Å². The first-order chi connectivity index (χ1) is 16.2. The molecule has 7 heteroatoms. The molecule has 34 heavy (non-hydrogen) atoms. The average molecular weight is 465 g/mol. The second-order valence-corrected chi connectivity index (χ2v) is 8.83. The zero-order valence-corrected chi connectivity index (χ0v) is 20.4. The van der Waals surface area contributed by atoms with E-state index in [9.17, 15) is 9.59 Å². The van der Waals surface area contributed by atoms with Crippen molar-refractivity contribution in [1.29, 1.82) is 0 Å². The lowest BCUT2D eigenvalue weighted by Gasteiger charge is -2.19. The minimum atomic E-state index is -0.664. The fourth-order valence-corrected chi connectivity index (χ4v) is 3.53. The number of rotatable bonds is 9. The van der Waals surface area contributed by atoms with Crippen LogP contribution < -0.4 is 10.1 Å². The maximum absolute atomic E-state index is 13.2. The van der Waals surface area contributed by atoms with E-state index < -0.39 is 17.5 Å². The highest BCUT2D eigenvalue weighted by atomic mass is 16.6. The van der Waals surface area contributed by atoms with Crippen LogP contribution in [0.1, 0.15) is 65.4 Å². The van der Waals surface area contributed by atoms with Gasteiger partial charge in [-0.25, -0.2) is 9.59 Å². The van der Waals surface area contributed by atoms with Gasteiger partial charge in [0.15, 0.2) is 0 Å². The van der Waals surface area contributed by atoms with Crippen LogP contribution in [0.4, 0.5) is 5.69 Å². The van der Waals surface area contributed by atoms with Gasteiger partial charge in [-0.2, -0.15) is 0 Å². The fourth-order valence-electron chi connectivity index (χ4n) is 3.53. The van der Waals surface area contributed by atoms with Crippen LogP contribution in [0.3, 0.4) is 0 Å². The molecule has 0 fully saturated rings. The number of benzene rings is 2. The Bertz CT molecular complexity index is 1110. The van der Waals surface area contributed by atoms with Crippen LogP contribution in [0.15, 0.2) is 54.6 Å². The number of hydrogen-bond acceptors (Lipinski definition) is 6. The predicted molar refractivity (Wildman–Crippen MR) is 131 cm³/mol. The second-order valence-electron chi connectivity index (χ2n) is 8.83. The van der Waals surface area contributed by atoms with Crippen molar-refractivity contribution in [3.05, 3.63) is 82.7 Å². The Hall–Kier alpha value is -3.74. The average Bonchev–Trinajstić information content (AvgIpc) is 3.20. The highest BCUT2D eigenvalue weighted by Gasteiger charge is 2.29. The molecule has 0 aliphatic rings. The Balaban J connectivity index is 1.90. The summed E-state index contributed by atoms with van der Waals surface area (Å²) >= 11 is 0. The Labute approximate surface area is 200 Å². The van der Waals surface area contributed by atoms with E-state index in [0.717, 1.165) is 17.0 Å². The van der Waals surface area contributed by atoms with Gasteiger partial charge in [0.1, 0.15) is 23.7 Å². The molecule has 0 aliphatic carbocycles. The van der Waals surface area contributed by atoms with Gasteiger partial charge in [-0.15, -0.1) is 0 Å². The number of carbonyl (C=O) groups is 2. The van der Waals surface area contributed by atoms with Crippen LogP contribution in [-0.4, -0.2) is 29.6 Å². The molecule has 0 saturated carbocycles. The molecule has 0 saturated heterocycles. The summed E-state index contributed by atoms with van der Waals surface area (Å²) in [7, 11) is 1.61. The number of aromatic nitrogens is 1. The summed E-state index contributed by atoms with van der Waals surface area (Å²) in [6, 6.07) is 16.9. The monoisotopic (exact) mass is 464 g/mol. The number of H-pyrrole nitrogens is 1. The number of nitrogens with one attached hydrogen (secondary N) is 2. The van der Waals surface area contributed by atoms with Crippen molar-refractivity contribution >= 4 is 17.6 Å². The minimum Gasteiger partial charge on any atom is -0.497 e. The summed E-state index contributed by atoms with van der Waals surface area (Å²) in [6.07, 6.45) is 0.462. The molecule has 0 radical (unpaired) electrons. The lowest BCUT2D eigenvalue weighted by molar-refractivity contribution is 0.00622. The molecule has 2 N–H and O–H groups in total. The first-order valence-corrected chi connectivity index (χ1v) is 11.3. The van der Waals surface area contributed by atoms with Gasteiger partial charge in [-0.1, -0.05) is 37.3 Å². The number of methoxy groups -OCH3 is 1. The van der Waals surface area contributed by atoms with Crippen LogP contribution >= 0.6 is 0 Å². The third kappa shape index (κ3) is 6.41. The van der Waals surface area contributed by atoms with E-state index in [1.807, 2.05) is 61.5 Å². The largest absolute Gasteiger partial charge is 0.497 e. The first-order valence-electron chi connectivity index (χ1n) is 11.3. The molecule has 0 aliphatic heterocycles. The van der Waals surface area contributed by atoms with E-state index >= 15 is 0 Å². The predicted octanol–water partition coefficient (Wildman–Crippen LogP) is 5.51. The third-order valence-electron chi connectivity index (χ3n) is 5.11. The molecule has 180 valence electrons. The van der Waals surface area contributed by atoms with Gasteiger partial charge in [-0.05, 0) is 62.6 Å². The Morgan fingerprint density at radius 3 is 2.24 bits per heavy atom. The molecule has 0 spiro atoms. The van der Waals surface area contributed by atoms with E-state index in [2.05, 4.69) is 10.3 Å². The fraction of sp³-hybridized carbons (Fsp3) is 0.333. The van der Waals surface area contributed by atoms with Crippen molar-refractivity contribution in [3.8, 4) is 5.75 Å². The second kappa shape index (κ2) is 10.9. The van der Waals surface area contributed by atoms with Crippen molar-refractivity contribution in [3.63, 3.8) is 0 Å². The number of ether oxygens (including phenoxy) is 3. The normalized spacial score (nSPS) is 11.1. The van der Waals surface area contributed by atoms with Crippen molar-refractivity contribution < 1.29 is 23.8 Å². The van der Waals surface area contributed by atoms with Crippen LogP contribution in [-0.2, 0) is 29.0 Å². The van der Waals surface area contributed by atoms with Crippen molar-refractivity contribution in [2.24, 2.45) is 0 Å². The van der Waals surface area contributed by atoms with Crippen LogP contribution in [0, 0.1) is 0 Å². The van der Waals surface area contributed by atoms with Gasteiger partial charge in [-0.3, -0.25) is 0 Å². The molecule has 3 rings (SSSR count). The molecule has 1 heterocycles. The summed E-state index contributed by atoms with van der Waals surface area (Å²) < 4.78 is 16.4. The third-order valence-corrected chi connectivity index (χ3v) is 5.11. The first kappa shape index (κ1) is 24.9. The van der Waals surface area contributed by atoms with E-state index in [-0.39, 0.29) is 18.8 Å². The molecule has 0 unspecified atom stereocenters. The topological polar surface area (TPSA) is 89.7 Å². The van der Waals surface area contributed by atoms with E-state index in [1.165, 1.54) is 0 Å². The molecular formula is C27H32N2O5. The standard InChI is InChI=1S/C27H32N2O5/c1-6-21-23(25(30)33-17-18-10-8-7-9-11-18)22(29-24(21)26(31)34-27(2,3)4)16-28-19-12-14-20(32-5)15-13-19/h7-15,28-29H,6,16-17H2,1-5H3. The molecule has 0 bridgehead atoms. The van der Waals surface area contributed by atoms with E-state index in [0.29, 0.717) is 23.2 Å². The number of carbonyl (C=O) groups excluding carboxylic acids is 2. The number of anilines is 1. The van der Waals surface area contributed by atoms with Gasteiger partial charge in [0, 0.05) is 11.4 Å². The van der Waals surface area contributed by atoms with Gasteiger partial charge < -0.3 is 24.5 Å². The Morgan fingerprint density at radius 2 is 1.65 bits per heavy atom. The van der Waals surface area contributed by atoms with Gasteiger partial charge >= 0.3 is 11.9 Å². The summed E-state index contributed by atoms with van der Waals surface area (Å²) in [5, 5.41) is 3.29. The number of aromatic amines is 1. The number of esters is 2. The molecule has 3 aromatic rings. The van der Waals surface area contributed by atoms with Crippen LogP contribution in [0.5, 0.6) is 5.75 Å². The molecule has 2 aromatic carbocycles. The number of hydrogen-bond donors (Lipinski definition) is 2. The molecule has 0 amide bonds. The van der Waals surface area contributed by atoms with Crippen molar-refractivity contribution in [2.75, 3.05) is 12.4 Å². The highest BCUT2D eigenvalue weighted by molar-refractivity contribution is 5.99. The molecule has 7 nitrogen and oxygen atoms in total. The molecule has 0 atom stereocenters. The maximum atomic E-state index is 13.2. The van der Waals surface area contributed by atoms with Crippen LogP contribution in [0.25, 0.3) is 0 Å². The smallest absolute Gasteiger partial charge is 0.355 e. The lowest BCUT2D eigenvalue weighted by atomic mass is 10.1. The summed E-state index contributed by atoms with van der Waals surface area (Å²) in [4.78, 5) is 29.2. The zero-order valence-electron chi connectivity index (χ0n) is 20.4. The summed E-state index contributed by atoms with van der Waals surface area (Å²) in [5.41, 5.74) is 2.84. The maximum Gasteiger partial charge on any atom is 0.355 e. The highest BCUT2D eigenvalue weighted by Crippen LogP contribution is 2.25. The Morgan fingerprint density at radius 1 is 0.971 bits per heavy atom. The van der Waals surface area contributed by atoms with E-state index in [1.54, 1.807) is 27.9 Å². The summed E-state index contributed by atoms with van der Waals surface area (Å²) in [5.74, 6) is -0.244. The lowest BCUT2D eigenvalue weighted by Crippen LogP contribution is -2.24. The van der Waals surface area contributed by atoms with Gasteiger partial charge in [0.05, 0.1) is 19.2 Å². The minimum absolute atomic E-state index is 0.140. The quantitative estimate of drug-likeness (QED) is 0.406. The Kier molecular flexibility index (Phi) is 7.99. The SMILES string of the molecule is CCc1c(C(=O)OC(C)(C)C)[nH]c(CNc2ccc(OC)cc2)c1C(=O)OCc1ccccc1. The summed E-state index contributed by atoms with van der Waals surface area (Å²) in [6.45, 7) is 7.74. The van der Waals surface area contributed by atoms with Gasteiger partial charge in [0.2, 0.25) is 0 Å². The van der Waals surface area contributed by atoms with E-state index in [4.69, 9.17) is 14.2 Å². The molecule has 1 aromatic heterocycles. The van der Waals surface area contributed by atoms with Gasteiger partial charge in [0.25, 0.3) is 0 Å². The van der Waals surface area contributed by atoms with Crippen molar-refractivity contribution in [2.45, 2.75) is 52.9 Å². The molecular weight excluding hydrogens is 432 g/mol. The zero-order chi connectivity index (χ0) is 24.7.